The van der Waals surface area contributed by atoms with Crippen molar-refractivity contribution < 1.29 is 0 Å². The van der Waals surface area contributed by atoms with Gasteiger partial charge in [0.1, 0.15) is 5.40 Å². The summed E-state index contributed by atoms with van der Waals surface area (Å²) in [4.78, 5) is 4.44. The van der Waals surface area contributed by atoms with E-state index in [2.05, 4.69) is 11.1 Å². The van der Waals surface area contributed by atoms with Gasteiger partial charge in [0.15, 0.2) is 4.34 Å². The van der Waals surface area contributed by atoms with Crippen LogP contribution in [0.2, 0.25) is 0 Å². The highest BCUT2D eigenvalue weighted by molar-refractivity contribution is 8.93. The van der Waals surface area contributed by atoms with Gasteiger partial charge >= 0.3 is 0 Å². The first-order valence-electron chi connectivity index (χ1n) is 3.89. The summed E-state index contributed by atoms with van der Waals surface area (Å²) in [5.74, 6) is 0. The fraction of sp³-hybridized carbons (Fsp3) is 0.111. The molecule has 0 saturated carbocycles. The van der Waals surface area contributed by atoms with E-state index >= 15 is 0 Å². The molecule has 0 bridgehead atoms. The second-order valence-corrected chi connectivity index (χ2v) is 5.82. The Morgan fingerprint density at radius 1 is 1.40 bits per heavy atom. The van der Waals surface area contributed by atoms with E-state index in [0.717, 1.165) is 14.9 Å². The van der Waals surface area contributed by atoms with Crippen LogP contribution in [0.3, 0.4) is 0 Å². The van der Waals surface area contributed by atoms with Crippen LogP contribution in [0.5, 0.6) is 0 Å². The standard InChI is InChI=1S/C9H6N2S3.BrH/c10-5-12-6-13-9-11-7-3-1-2-4-8(7)14-9;/h1-4H,6H2;1H. The van der Waals surface area contributed by atoms with Gasteiger partial charge in [-0.2, -0.15) is 5.26 Å². The van der Waals surface area contributed by atoms with Gasteiger partial charge in [-0.3, -0.25) is 0 Å². The molecule has 1 aromatic carbocycles. The molecule has 78 valence electrons. The van der Waals surface area contributed by atoms with Crippen LogP contribution in [0.4, 0.5) is 0 Å². The summed E-state index contributed by atoms with van der Waals surface area (Å²) in [5.41, 5.74) is 1.04. The quantitative estimate of drug-likeness (QED) is 0.369. The lowest BCUT2D eigenvalue weighted by Crippen LogP contribution is -1.69. The number of benzene rings is 1. The van der Waals surface area contributed by atoms with Gasteiger partial charge in [-0.25, -0.2) is 4.98 Å². The van der Waals surface area contributed by atoms with Crippen LogP contribution < -0.4 is 0 Å². The minimum atomic E-state index is 0. The minimum absolute atomic E-state index is 0. The molecule has 0 atom stereocenters. The predicted molar refractivity (Wildman–Crippen MR) is 73.9 cm³/mol. The number of nitriles is 1. The Kier molecular flexibility index (Phi) is 5.47. The van der Waals surface area contributed by atoms with Crippen molar-refractivity contribution in [2.45, 2.75) is 4.34 Å². The lowest BCUT2D eigenvalue weighted by atomic mass is 10.3. The molecule has 0 aliphatic heterocycles. The van der Waals surface area contributed by atoms with Crippen molar-refractivity contribution in [2.24, 2.45) is 0 Å². The summed E-state index contributed by atoms with van der Waals surface area (Å²) in [6.45, 7) is 0. The number of nitrogens with zero attached hydrogens (tertiary/aromatic N) is 2. The Labute approximate surface area is 111 Å². The molecule has 0 radical (unpaired) electrons. The van der Waals surface area contributed by atoms with Crippen molar-refractivity contribution in [3.63, 3.8) is 0 Å². The second kappa shape index (κ2) is 6.38. The van der Waals surface area contributed by atoms with E-state index in [1.54, 1.807) is 23.1 Å². The van der Waals surface area contributed by atoms with Gasteiger partial charge in [0.05, 0.1) is 15.3 Å². The number of hydrogen-bond acceptors (Lipinski definition) is 5. The third-order valence-corrected chi connectivity index (χ3v) is 4.42. The Morgan fingerprint density at radius 2 is 2.20 bits per heavy atom. The Bertz CT molecular complexity index is 444. The van der Waals surface area contributed by atoms with Gasteiger partial charge in [0, 0.05) is 0 Å². The predicted octanol–water partition coefficient (Wildman–Crippen LogP) is 4.14. The van der Waals surface area contributed by atoms with Crippen molar-refractivity contribution >= 4 is 62.1 Å². The molecule has 0 amide bonds. The van der Waals surface area contributed by atoms with Crippen molar-refractivity contribution in [2.75, 3.05) is 5.08 Å². The molecule has 1 aromatic heterocycles. The van der Waals surface area contributed by atoms with Crippen LogP contribution in [-0.4, -0.2) is 10.1 Å². The monoisotopic (exact) mass is 318 g/mol. The first kappa shape index (κ1) is 12.8. The van der Waals surface area contributed by atoms with Crippen molar-refractivity contribution in [3.8, 4) is 5.40 Å². The molecule has 0 aliphatic carbocycles. The molecular formula is C9H7BrN2S3. The highest BCUT2D eigenvalue weighted by atomic mass is 79.9. The van der Waals surface area contributed by atoms with Crippen LogP contribution in [0, 0.1) is 10.7 Å². The maximum Gasteiger partial charge on any atom is 0.151 e. The molecule has 15 heavy (non-hydrogen) atoms. The first-order chi connectivity index (χ1) is 6.90. The van der Waals surface area contributed by atoms with Gasteiger partial charge in [-0.15, -0.1) is 28.3 Å². The zero-order valence-corrected chi connectivity index (χ0v) is 11.7. The van der Waals surface area contributed by atoms with Crippen LogP contribution >= 0.6 is 51.8 Å². The Hall–Kier alpha value is -0.220. The normalized spacial score (nSPS) is 9.53. The number of thioether (sulfide) groups is 2. The highest BCUT2D eigenvalue weighted by Gasteiger charge is 2.02. The fourth-order valence-corrected chi connectivity index (χ4v) is 3.67. The highest BCUT2D eigenvalue weighted by Crippen LogP contribution is 2.30. The zero-order valence-electron chi connectivity index (χ0n) is 7.54. The van der Waals surface area contributed by atoms with Crippen molar-refractivity contribution in [1.82, 2.24) is 4.98 Å². The van der Waals surface area contributed by atoms with Gasteiger partial charge < -0.3 is 0 Å². The number of thiazole rings is 1. The summed E-state index contributed by atoms with van der Waals surface area (Å²) in [7, 11) is 0. The summed E-state index contributed by atoms with van der Waals surface area (Å²) >= 11 is 4.54. The molecule has 0 N–H and O–H groups in total. The lowest BCUT2D eigenvalue weighted by molar-refractivity contribution is 1.31. The van der Waals surface area contributed by atoms with Crippen LogP contribution in [-0.2, 0) is 0 Å². The second-order valence-electron chi connectivity index (χ2n) is 2.45. The van der Waals surface area contributed by atoms with Crippen molar-refractivity contribution in [1.29, 1.82) is 5.26 Å². The molecular weight excluding hydrogens is 312 g/mol. The molecule has 2 nitrogen and oxygen atoms in total. The van der Waals surface area contributed by atoms with E-state index in [9.17, 15) is 0 Å². The minimum Gasteiger partial charge on any atom is -0.230 e. The van der Waals surface area contributed by atoms with Crippen molar-refractivity contribution in [3.05, 3.63) is 24.3 Å². The van der Waals surface area contributed by atoms with E-state index in [-0.39, 0.29) is 17.0 Å². The van der Waals surface area contributed by atoms with Gasteiger partial charge in [0.2, 0.25) is 0 Å². The molecule has 0 spiro atoms. The summed E-state index contributed by atoms with van der Waals surface area (Å²) in [6.07, 6.45) is 0. The Morgan fingerprint density at radius 3 is 2.93 bits per heavy atom. The average molecular weight is 319 g/mol. The summed E-state index contributed by atoms with van der Waals surface area (Å²) in [5, 5.41) is 11.2. The number of para-hydroxylation sites is 1. The lowest BCUT2D eigenvalue weighted by Gasteiger charge is -1.87. The fourth-order valence-electron chi connectivity index (χ4n) is 1.02. The molecule has 0 fully saturated rings. The number of hydrogen-bond donors (Lipinski definition) is 0. The zero-order chi connectivity index (χ0) is 9.80. The smallest absolute Gasteiger partial charge is 0.151 e. The van der Waals surface area contributed by atoms with Crippen LogP contribution in [0.15, 0.2) is 28.6 Å². The maximum absolute atomic E-state index is 8.37. The number of halogens is 1. The van der Waals surface area contributed by atoms with E-state index < -0.39 is 0 Å². The SMILES string of the molecule is Br.N#CSCSc1nc2ccccc2s1. The molecule has 6 heteroatoms. The number of fused-ring (bicyclic) bond motifs is 1. The number of rotatable bonds is 3. The van der Waals surface area contributed by atoms with Crippen LogP contribution in [0.25, 0.3) is 10.2 Å². The van der Waals surface area contributed by atoms with Gasteiger partial charge in [-0.05, 0) is 23.9 Å². The first-order valence-corrected chi connectivity index (χ1v) is 6.68. The number of aromatic nitrogens is 1. The summed E-state index contributed by atoms with van der Waals surface area (Å²) < 4.78 is 2.24. The Balaban J connectivity index is 0.00000112. The van der Waals surface area contributed by atoms with E-state index in [1.165, 1.54) is 16.5 Å². The van der Waals surface area contributed by atoms with E-state index in [4.69, 9.17) is 5.26 Å². The van der Waals surface area contributed by atoms with Gasteiger partial charge in [0.25, 0.3) is 0 Å². The number of thiocyanates is 1. The third-order valence-electron chi connectivity index (χ3n) is 1.58. The molecule has 0 saturated heterocycles. The van der Waals surface area contributed by atoms with E-state index in [1.807, 2.05) is 23.6 Å². The topological polar surface area (TPSA) is 36.7 Å². The molecule has 2 aromatic rings. The molecule has 2 rings (SSSR count). The third kappa shape index (κ3) is 3.38. The van der Waals surface area contributed by atoms with E-state index in [0.29, 0.717) is 0 Å². The van der Waals surface area contributed by atoms with Gasteiger partial charge in [-0.1, -0.05) is 23.9 Å². The molecule has 1 heterocycles. The maximum atomic E-state index is 8.37. The van der Waals surface area contributed by atoms with Crippen LogP contribution in [0.1, 0.15) is 0 Å². The molecule has 0 unspecified atom stereocenters. The average Bonchev–Trinajstić information content (AvgIpc) is 2.60. The largest absolute Gasteiger partial charge is 0.230 e. The molecule has 0 aliphatic rings. The summed E-state index contributed by atoms with van der Waals surface area (Å²) in [6, 6.07) is 8.07.